The molecule has 0 bridgehead atoms. The van der Waals surface area contributed by atoms with Gasteiger partial charge in [-0.15, -0.1) is 11.3 Å². The topological polar surface area (TPSA) is 49.4 Å². The van der Waals surface area contributed by atoms with Gasteiger partial charge in [0.2, 0.25) is 10.0 Å². The smallest absolute Gasteiger partial charge is 0.241 e. The van der Waals surface area contributed by atoms with E-state index in [-0.39, 0.29) is 0 Å². The summed E-state index contributed by atoms with van der Waals surface area (Å²) in [6.45, 7) is 3.57. The molecule has 2 heterocycles. The molecule has 1 aromatic heterocycles. The molecule has 1 fully saturated rings. The van der Waals surface area contributed by atoms with Crippen LogP contribution in [0.25, 0.3) is 0 Å². The Morgan fingerprint density at radius 1 is 1.17 bits per heavy atom. The molecule has 24 heavy (non-hydrogen) atoms. The first-order chi connectivity index (χ1) is 11.5. The van der Waals surface area contributed by atoms with Crippen molar-refractivity contribution in [3.05, 3.63) is 51.1 Å². The number of halogens is 1. The van der Waals surface area contributed by atoms with Crippen molar-refractivity contribution in [3.63, 3.8) is 0 Å². The van der Waals surface area contributed by atoms with Crippen LogP contribution < -0.4 is 4.72 Å². The third kappa shape index (κ3) is 4.67. The molecule has 3 rings (SSSR count). The largest absolute Gasteiger partial charge is 0.298 e. The fraction of sp³-hybridized carbons (Fsp3) is 0.412. The number of hydrogen-bond donors (Lipinski definition) is 1. The van der Waals surface area contributed by atoms with E-state index in [9.17, 15) is 8.42 Å². The molecule has 1 aromatic carbocycles. The summed E-state index contributed by atoms with van der Waals surface area (Å²) in [6.07, 6.45) is 2.06. The minimum Gasteiger partial charge on any atom is -0.298 e. The maximum absolute atomic E-state index is 12.4. The third-order valence-electron chi connectivity index (χ3n) is 4.35. The lowest BCUT2D eigenvalue weighted by Gasteiger charge is -2.31. The van der Waals surface area contributed by atoms with E-state index in [1.165, 1.54) is 4.88 Å². The minimum atomic E-state index is -3.45. The second-order valence-corrected chi connectivity index (χ2v) is 9.70. The zero-order valence-electron chi connectivity index (χ0n) is 13.3. The highest BCUT2D eigenvalue weighted by molar-refractivity contribution is 9.10. The van der Waals surface area contributed by atoms with Gasteiger partial charge in [-0.25, -0.2) is 13.1 Å². The highest BCUT2D eigenvalue weighted by Gasteiger charge is 2.23. The lowest BCUT2D eigenvalue weighted by Crippen LogP contribution is -2.38. The normalized spacial score (nSPS) is 17.2. The Balaban J connectivity index is 1.49. The van der Waals surface area contributed by atoms with Gasteiger partial charge in [0, 0.05) is 22.4 Å². The van der Waals surface area contributed by atoms with Crippen LogP contribution in [-0.2, 0) is 16.6 Å². The van der Waals surface area contributed by atoms with Crippen molar-refractivity contribution >= 4 is 37.3 Å². The summed E-state index contributed by atoms with van der Waals surface area (Å²) in [5.41, 5.74) is 0. The molecule has 1 saturated heterocycles. The van der Waals surface area contributed by atoms with E-state index in [1.54, 1.807) is 29.5 Å². The second kappa shape index (κ2) is 8.10. The third-order valence-corrected chi connectivity index (χ3v) is 7.65. The fourth-order valence-corrected chi connectivity index (χ4v) is 5.80. The molecule has 0 unspecified atom stereocenters. The van der Waals surface area contributed by atoms with E-state index in [0.717, 1.165) is 32.5 Å². The van der Waals surface area contributed by atoms with Gasteiger partial charge in [-0.05, 0) is 71.4 Å². The Morgan fingerprint density at radius 3 is 2.58 bits per heavy atom. The average molecular weight is 429 g/mol. The maximum atomic E-state index is 12.4. The summed E-state index contributed by atoms with van der Waals surface area (Å²) in [5.74, 6) is 0.404. The van der Waals surface area contributed by atoms with Gasteiger partial charge in [0.05, 0.1) is 4.90 Å². The first-order valence-corrected chi connectivity index (χ1v) is 11.2. The van der Waals surface area contributed by atoms with E-state index in [4.69, 9.17) is 0 Å². The molecule has 0 radical (unpaired) electrons. The number of likely N-dealkylation sites (tertiary alicyclic amines) is 1. The SMILES string of the molecule is O=S(=O)(NCC1CCN(Cc2cccs2)CC1)c1ccccc1Br. The van der Waals surface area contributed by atoms with Crippen LogP contribution in [0.3, 0.4) is 0 Å². The molecule has 0 amide bonds. The van der Waals surface area contributed by atoms with Crippen LogP contribution in [0, 0.1) is 5.92 Å². The Hall–Kier alpha value is -0.730. The summed E-state index contributed by atoms with van der Waals surface area (Å²) >= 11 is 5.10. The molecule has 4 nitrogen and oxygen atoms in total. The summed E-state index contributed by atoms with van der Waals surface area (Å²) < 4.78 is 28.2. The van der Waals surface area contributed by atoms with Crippen molar-refractivity contribution in [1.82, 2.24) is 9.62 Å². The van der Waals surface area contributed by atoms with Gasteiger partial charge in [-0.1, -0.05) is 18.2 Å². The average Bonchev–Trinajstić information content (AvgIpc) is 3.07. The number of piperidine rings is 1. The molecular weight excluding hydrogens is 408 g/mol. The molecule has 0 spiro atoms. The molecule has 1 aliphatic heterocycles. The van der Waals surface area contributed by atoms with Gasteiger partial charge < -0.3 is 0 Å². The molecule has 0 saturated carbocycles. The first kappa shape index (κ1) is 18.1. The number of thiophene rings is 1. The first-order valence-electron chi connectivity index (χ1n) is 8.03. The summed E-state index contributed by atoms with van der Waals surface area (Å²) in [6, 6.07) is 11.2. The van der Waals surface area contributed by atoms with Crippen molar-refractivity contribution in [2.24, 2.45) is 5.92 Å². The van der Waals surface area contributed by atoms with Crippen LogP contribution in [0.15, 0.2) is 51.1 Å². The molecular formula is C17H21BrN2O2S2. The van der Waals surface area contributed by atoms with E-state index in [0.29, 0.717) is 21.8 Å². The van der Waals surface area contributed by atoms with Crippen LogP contribution in [0.1, 0.15) is 17.7 Å². The number of sulfonamides is 1. The molecule has 0 atom stereocenters. The van der Waals surface area contributed by atoms with Crippen LogP contribution in [0.4, 0.5) is 0 Å². The van der Waals surface area contributed by atoms with Gasteiger partial charge in [-0.3, -0.25) is 4.90 Å². The molecule has 1 aliphatic rings. The maximum Gasteiger partial charge on any atom is 0.241 e. The van der Waals surface area contributed by atoms with Crippen LogP contribution >= 0.6 is 27.3 Å². The zero-order valence-corrected chi connectivity index (χ0v) is 16.5. The van der Waals surface area contributed by atoms with Gasteiger partial charge in [0.25, 0.3) is 0 Å². The Bertz CT molecular complexity index is 755. The summed E-state index contributed by atoms with van der Waals surface area (Å²) in [7, 11) is -3.45. The highest BCUT2D eigenvalue weighted by Crippen LogP contribution is 2.23. The van der Waals surface area contributed by atoms with Crippen molar-refractivity contribution in [2.75, 3.05) is 19.6 Å². The zero-order chi connectivity index (χ0) is 17.0. The van der Waals surface area contributed by atoms with E-state index >= 15 is 0 Å². The Labute approximate surface area is 156 Å². The van der Waals surface area contributed by atoms with Crippen molar-refractivity contribution < 1.29 is 8.42 Å². The molecule has 130 valence electrons. The van der Waals surface area contributed by atoms with Crippen LogP contribution in [0.2, 0.25) is 0 Å². The number of hydrogen-bond acceptors (Lipinski definition) is 4. The quantitative estimate of drug-likeness (QED) is 0.762. The predicted molar refractivity (Wildman–Crippen MR) is 102 cm³/mol. The number of rotatable bonds is 6. The molecule has 7 heteroatoms. The minimum absolute atomic E-state index is 0.306. The highest BCUT2D eigenvalue weighted by atomic mass is 79.9. The van der Waals surface area contributed by atoms with Crippen LogP contribution in [0.5, 0.6) is 0 Å². The van der Waals surface area contributed by atoms with Crippen molar-refractivity contribution in [2.45, 2.75) is 24.3 Å². The molecule has 1 N–H and O–H groups in total. The van der Waals surface area contributed by atoms with Gasteiger partial charge in [0.15, 0.2) is 0 Å². The van der Waals surface area contributed by atoms with E-state index < -0.39 is 10.0 Å². The monoisotopic (exact) mass is 428 g/mol. The van der Waals surface area contributed by atoms with Gasteiger partial charge >= 0.3 is 0 Å². The predicted octanol–water partition coefficient (Wildman–Crippen LogP) is 3.70. The second-order valence-electron chi connectivity index (χ2n) is 6.08. The number of nitrogens with one attached hydrogen (secondary N) is 1. The van der Waals surface area contributed by atoms with E-state index in [2.05, 4.69) is 43.1 Å². The van der Waals surface area contributed by atoms with Gasteiger partial charge in [0.1, 0.15) is 0 Å². The summed E-state index contributed by atoms with van der Waals surface area (Å²) in [4.78, 5) is 4.15. The van der Waals surface area contributed by atoms with Crippen molar-refractivity contribution in [1.29, 1.82) is 0 Å². The number of benzene rings is 1. The summed E-state index contributed by atoms with van der Waals surface area (Å²) in [5, 5.41) is 2.11. The lowest BCUT2D eigenvalue weighted by atomic mass is 9.97. The molecule has 2 aromatic rings. The lowest BCUT2D eigenvalue weighted by molar-refractivity contribution is 0.180. The number of nitrogens with zero attached hydrogens (tertiary/aromatic N) is 1. The van der Waals surface area contributed by atoms with Crippen LogP contribution in [-0.4, -0.2) is 33.0 Å². The standard InChI is InChI=1S/C17H21BrN2O2S2/c18-16-5-1-2-6-17(16)24(21,22)19-12-14-7-9-20(10-8-14)13-15-4-3-11-23-15/h1-6,11,14,19H,7-10,12-13H2. The van der Waals surface area contributed by atoms with Gasteiger partial charge in [-0.2, -0.15) is 0 Å². The Kier molecular flexibility index (Phi) is 6.10. The van der Waals surface area contributed by atoms with E-state index in [1.807, 2.05) is 6.07 Å². The Morgan fingerprint density at radius 2 is 1.92 bits per heavy atom. The fourth-order valence-electron chi connectivity index (χ4n) is 2.94. The molecule has 0 aliphatic carbocycles. The van der Waals surface area contributed by atoms with Crippen molar-refractivity contribution in [3.8, 4) is 0 Å².